The Bertz CT molecular complexity index is 577. The first-order valence-electron chi connectivity index (χ1n) is 13.7. The Balaban J connectivity index is 0.00000171. The fourth-order valence-electron chi connectivity index (χ4n) is 9.51. The molecule has 0 heteroatoms. The largest absolute Gasteiger partial charge is 0.0625 e. The Labute approximate surface area is 187 Å². The van der Waals surface area contributed by atoms with Crippen LogP contribution in [0.1, 0.15) is 123 Å². The average Bonchev–Trinajstić information content (AvgIpc) is 3.03. The molecule has 0 aliphatic heterocycles. The Hall–Kier alpha value is 0. The summed E-state index contributed by atoms with van der Waals surface area (Å²) in [5.74, 6) is 8.88. The average molecular weight is 407 g/mol. The highest BCUT2D eigenvalue weighted by molar-refractivity contribution is 5.09. The van der Waals surface area contributed by atoms with E-state index in [0.29, 0.717) is 10.8 Å². The van der Waals surface area contributed by atoms with Crippen LogP contribution >= 0.6 is 0 Å². The maximum Gasteiger partial charge on any atom is 0 e. The van der Waals surface area contributed by atoms with E-state index in [4.69, 9.17) is 0 Å². The van der Waals surface area contributed by atoms with Crippen molar-refractivity contribution < 1.29 is 4.28 Å². The number of hydrogen-bond acceptors (Lipinski definition) is 0. The summed E-state index contributed by atoms with van der Waals surface area (Å²) in [4.78, 5) is 0. The van der Waals surface area contributed by atoms with Crippen LogP contribution in [-0.2, 0) is 0 Å². The van der Waals surface area contributed by atoms with Gasteiger partial charge in [0.1, 0.15) is 0 Å². The van der Waals surface area contributed by atoms with Crippen LogP contribution in [0.3, 0.4) is 0 Å². The van der Waals surface area contributed by atoms with Gasteiger partial charge in [-0.05, 0) is 115 Å². The van der Waals surface area contributed by atoms with E-state index in [0.717, 1.165) is 53.3 Å². The predicted octanol–water partition coefficient (Wildman–Crippen LogP) is 9.73. The fourth-order valence-corrected chi connectivity index (χ4v) is 9.51. The summed E-state index contributed by atoms with van der Waals surface area (Å²) >= 11 is 0. The lowest BCUT2D eigenvalue weighted by molar-refractivity contribution is -0.120. The fraction of sp³-hybridized carbons (Fsp3) is 1.00. The van der Waals surface area contributed by atoms with Crippen molar-refractivity contribution in [3.8, 4) is 0 Å². The normalized spacial score (nSPS) is 49.2. The highest BCUT2D eigenvalue weighted by Crippen LogP contribution is 2.68. The molecule has 0 aromatic rings. The summed E-state index contributed by atoms with van der Waals surface area (Å²) in [6, 6.07) is 0. The van der Waals surface area contributed by atoms with E-state index in [1.54, 1.807) is 38.5 Å². The zero-order valence-electron chi connectivity index (χ0n) is 21.0. The van der Waals surface area contributed by atoms with E-state index in [9.17, 15) is 0 Å². The van der Waals surface area contributed by atoms with Crippen molar-refractivity contribution in [3.63, 3.8) is 0 Å². The van der Waals surface area contributed by atoms with Gasteiger partial charge in [-0.3, -0.25) is 0 Å². The molecule has 0 aromatic heterocycles. The van der Waals surface area contributed by atoms with Crippen molar-refractivity contribution in [3.05, 3.63) is 0 Å². The highest BCUT2D eigenvalue weighted by atomic mass is 14.6. The standard InChI is InChI=1S/C29H52.3H2/c1-19(2)21(4)8-9-22(5)25-12-13-26-24-11-10-23-18-20(3)14-16-28(23,6)27(24)15-17-29(25,26)7;;;/h19-27H,8-18H2,1-7H3;3*1H/t20-,21+,22+,23?,24-,25?,26?,27?,28-,29+;;;/m0.../s1. The molecule has 4 rings (SSSR count). The quantitative estimate of drug-likeness (QED) is 0.426. The second-order valence-electron chi connectivity index (χ2n) is 13.5. The van der Waals surface area contributed by atoms with Gasteiger partial charge in [0.05, 0.1) is 0 Å². The van der Waals surface area contributed by atoms with E-state index in [1.807, 2.05) is 0 Å². The summed E-state index contributed by atoms with van der Waals surface area (Å²) in [5, 5.41) is 0. The van der Waals surface area contributed by atoms with Crippen molar-refractivity contribution in [2.24, 2.45) is 64.1 Å². The maximum absolute atomic E-state index is 2.76. The number of fused-ring (bicyclic) bond motifs is 5. The third-order valence-corrected chi connectivity index (χ3v) is 11.9. The van der Waals surface area contributed by atoms with Gasteiger partial charge in [0.15, 0.2) is 0 Å². The molecule has 0 bridgehead atoms. The van der Waals surface area contributed by atoms with Gasteiger partial charge in [-0.2, -0.15) is 0 Å². The zero-order valence-corrected chi connectivity index (χ0v) is 21.0. The zero-order chi connectivity index (χ0) is 21.0. The summed E-state index contributed by atoms with van der Waals surface area (Å²) in [6.45, 7) is 17.9. The van der Waals surface area contributed by atoms with Crippen molar-refractivity contribution >= 4 is 0 Å². The molecule has 4 unspecified atom stereocenters. The Morgan fingerprint density at radius 3 is 2.21 bits per heavy atom. The van der Waals surface area contributed by atoms with Crippen molar-refractivity contribution in [1.82, 2.24) is 0 Å². The van der Waals surface area contributed by atoms with Crippen LogP contribution in [0.4, 0.5) is 0 Å². The van der Waals surface area contributed by atoms with Gasteiger partial charge in [-0.25, -0.2) is 0 Å². The SMILES string of the molecule is CC(C)[C@H](C)CC[C@@H](C)C1CCC2[C@@H]3CCC4C[C@@H](C)CC[C@]4(C)C3CC[C@@]21C.[HH].[HH].[HH]. The topological polar surface area (TPSA) is 0 Å². The van der Waals surface area contributed by atoms with Gasteiger partial charge in [-0.15, -0.1) is 0 Å². The lowest BCUT2D eigenvalue weighted by Gasteiger charge is -2.61. The molecule has 4 aliphatic carbocycles. The second-order valence-corrected chi connectivity index (χ2v) is 13.5. The van der Waals surface area contributed by atoms with Crippen LogP contribution in [0.5, 0.6) is 0 Å². The molecule has 29 heavy (non-hydrogen) atoms. The molecule has 0 saturated heterocycles. The van der Waals surface area contributed by atoms with Gasteiger partial charge in [-0.1, -0.05) is 67.7 Å². The summed E-state index contributed by atoms with van der Waals surface area (Å²) in [6.07, 6.45) is 16.8. The van der Waals surface area contributed by atoms with E-state index in [2.05, 4.69) is 48.5 Å². The molecular weight excluding hydrogens is 348 g/mol. The minimum absolute atomic E-state index is 0. The van der Waals surface area contributed by atoms with Crippen molar-refractivity contribution in [2.75, 3.05) is 0 Å². The second kappa shape index (κ2) is 8.16. The number of hydrogen-bond donors (Lipinski definition) is 0. The van der Waals surface area contributed by atoms with Gasteiger partial charge >= 0.3 is 0 Å². The van der Waals surface area contributed by atoms with Gasteiger partial charge in [0, 0.05) is 4.28 Å². The molecule has 0 heterocycles. The summed E-state index contributed by atoms with van der Waals surface area (Å²) in [7, 11) is 0. The minimum Gasteiger partial charge on any atom is -0.0625 e. The van der Waals surface area contributed by atoms with Gasteiger partial charge < -0.3 is 0 Å². The first-order chi connectivity index (χ1) is 13.7. The molecular formula is C29H58. The van der Waals surface area contributed by atoms with Gasteiger partial charge in [0.25, 0.3) is 0 Å². The molecule has 4 fully saturated rings. The lowest BCUT2D eigenvalue weighted by atomic mass is 9.44. The number of rotatable bonds is 5. The molecule has 0 aromatic carbocycles. The maximum atomic E-state index is 2.76. The van der Waals surface area contributed by atoms with Gasteiger partial charge in [0.2, 0.25) is 0 Å². The van der Waals surface area contributed by atoms with Crippen LogP contribution in [-0.4, -0.2) is 0 Å². The third kappa shape index (κ3) is 3.75. The van der Waals surface area contributed by atoms with Crippen LogP contribution in [0.25, 0.3) is 0 Å². The van der Waals surface area contributed by atoms with E-state index in [1.165, 1.54) is 32.1 Å². The summed E-state index contributed by atoms with van der Waals surface area (Å²) < 4.78 is 0. The van der Waals surface area contributed by atoms with Crippen molar-refractivity contribution in [2.45, 2.75) is 119 Å². The molecule has 4 aliphatic rings. The van der Waals surface area contributed by atoms with Crippen LogP contribution in [0, 0.1) is 64.1 Å². The van der Waals surface area contributed by atoms with E-state index < -0.39 is 0 Å². The Morgan fingerprint density at radius 1 is 0.793 bits per heavy atom. The third-order valence-electron chi connectivity index (χ3n) is 11.9. The Kier molecular flexibility index (Phi) is 6.25. The molecule has 0 nitrogen and oxygen atoms in total. The minimum atomic E-state index is 0. The van der Waals surface area contributed by atoms with Crippen LogP contribution in [0.15, 0.2) is 0 Å². The highest BCUT2D eigenvalue weighted by Gasteiger charge is 2.60. The summed E-state index contributed by atoms with van der Waals surface area (Å²) in [5.41, 5.74) is 1.35. The lowest BCUT2D eigenvalue weighted by Crippen LogP contribution is -2.53. The predicted molar refractivity (Wildman–Crippen MR) is 133 cm³/mol. The first kappa shape index (κ1) is 22.2. The van der Waals surface area contributed by atoms with Crippen LogP contribution in [0.2, 0.25) is 0 Å². The van der Waals surface area contributed by atoms with E-state index >= 15 is 0 Å². The molecule has 0 N–H and O–H groups in total. The van der Waals surface area contributed by atoms with E-state index in [-0.39, 0.29) is 4.28 Å². The molecule has 0 spiro atoms. The Morgan fingerprint density at radius 2 is 1.48 bits per heavy atom. The van der Waals surface area contributed by atoms with Crippen LogP contribution < -0.4 is 0 Å². The molecule has 0 amide bonds. The van der Waals surface area contributed by atoms with Crippen molar-refractivity contribution in [1.29, 1.82) is 0 Å². The monoisotopic (exact) mass is 406 g/mol. The molecule has 4 saturated carbocycles. The molecule has 174 valence electrons. The first-order valence-corrected chi connectivity index (χ1v) is 13.7. The molecule has 0 radical (unpaired) electrons. The smallest absolute Gasteiger partial charge is 0 e. The molecule has 10 atom stereocenters.